The van der Waals surface area contributed by atoms with Gasteiger partial charge in [-0.2, -0.15) is 0 Å². The van der Waals surface area contributed by atoms with Gasteiger partial charge in [0, 0.05) is 0 Å². The van der Waals surface area contributed by atoms with Gasteiger partial charge in [0.25, 0.3) is 0 Å². The lowest BCUT2D eigenvalue weighted by Gasteiger charge is -2.11. The van der Waals surface area contributed by atoms with Crippen molar-refractivity contribution in [3.8, 4) is 11.5 Å². The molecule has 1 heterocycles. The molecule has 0 aliphatic rings. The average Bonchev–Trinajstić information content (AvgIpc) is 3.04. The van der Waals surface area contributed by atoms with Crippen LogP contribution in [-0.2, 0) is 4.79 Å². The highest BCUT2D eigenvalue weighted by molar-refractivity contribution is 7.19. The van der Waals surface area contributed by atoms with Crippen LogP contribution in [0.3, 0.4) is 0 Å². The van der Waals surface area contributed by atoms with Crippen LogP contribution in [0.2, 0.25) is 5.02 Å². The van der Waals surface area contributed by atoms with Crippen molar-refractivity contribution in [3.63, 3.8) is 0 Å². The van der Waals surface area contributed by atoms with Crippen LogP contribution >= 0.6 is 22.9 Å². The topological polar surface area (TPSA) is 68.7 Å². The van der Waals surface area contributed by atoms with Crippen LogP contribution < -0.4 is 9.47 Å². The number of fused-ring (bicyclic) bond motifs is 1. The Balaban J connectivity index is 2.10. The SMILES string of the molecule is COc1cc(/C=C(\CC(=O)O)c2nc3ccccc3s2)cc(Cl)c1OC. The lowest BCUT2D eigenvalue weighted by Crippen LogP contribution is -1.97. The molecule has 0 fully saturated rings. The van der Waals surface area contributed by atoms with Crippen molar-refractivity contribution in [1.29, 1.82) is 0 Å². The van der Waals surface area contributed by atoms with E-state index in [0.717, 1.165) is 10.2 Å². The van der Waals surface area contributed by atoms with Crippen LogP contribution in [0.5, 0.6) is 11.5 Å². The quantitative estimate of drug-likeness (QED) is 0.643. The van der Waals surface area contributed by atoms with Gasteiger partial charge in [0.2, 0.25) is 0 Å². The molecule has 5 nitrogen and oxygen atoms in total. The number of aliphatic carboxylic acids is 1. The molecular weight excluding hydrogens is 374 g/mol. The van der Waals surface area contributed by atoms with Crippen molar-refractivity contribution in [2.24, 2.45) is 0 Å². The number of methoxy groups -OCH3 is 2. The van der Waals surface area contributed by atoms with E-state index in [2.05, 4.69) is 4.98 Å². The number of para-hydroxylation sites is 1. The summed E-state index contributed by atoms with van der Waals surface area (Å²) in [4.78, 5) is 15.9. The Kier molecular flexibility index (Phi) is 5.44. The van der Waals surface area contributed by atoms with Crippen molar-refractivity contribution in [3.05, 3.63) is 52.0 Å². The first kappa shape index (κ1) is 18.2. The Bertz CT molecular complexity index is 963. The maximum absolute atomic E-state index is 11.3. The normalized spacial score (nSPS) is 11.6. The van der Waals surface area contributed by atoms with Crippen LogP contribution in [0.1, 0.15) is 17.0 Å². The summed E-state index contributed by atoms with van der Waals surface area (Å²) in [6.07, 6.45) is 1.62. The monoisotopic (exact) mass is 389 g/mol. The lowest BCUT2D eigenvalue weighted by molar-refractivity contribution is -0.135. The van der Waals surface area contributed by atoms with Crippen molar-refractivity contribution >= 4 is 50.8 Å². The fraction of sp³-hybridized carbons (Fsp3) is 0.158. The predicted molar refractivity (Wildman–Crippen MR) is 104 cm³/mol. The summed E-state index contributed by atoms with van der Waals surface area (Å²) in [5.41, 5.74) is 2.15. The zero-order chi connectivity index (χ0) is 18.7. The van der Waals surface area contributed by atoms with Gasteiger partial charge in [-0.1, -0.05) is 23.7 Å². The number of rotatable bonds is 6. The maximum Gasteiger partial charge on any atom is 0.307 e. The first-order chi connectivity index (χ1) is 12.5. The van der Waals surface area contributed by atoms with Crippen LogP contribution in [0.4, 0.5) is 0 Å². The van der Waals surface area contributed by atoms with Crippen molar-refractivity contribution in [2.45, 2.75) is 6.42 Å². The van der Waals surface area contributed by atoms with E-state index in [9.17, 15) is 9.90 Å². The summed E-state index contributed by atoms with van der Waals surface area (Å²) in [5, 5.41) is 10.4. The molecule has 0 saturated heterocycles. The lowest BCUT2D eigenvalue weighted by atomic mass is 10.1. The van der Waals surface area contributed by atoms with E-state index in [-0.39, 0.29) is 6.42 Å². The van der Waals surface area contributed by atoms with Gasteiger partial charge in [-0.05, 0) is 41.5 Å². The smallest absolute Gasteiger partial charge is 0.307 e. The van der Waals surface area contributed by atoms with Gasteiger partial charge in [0.1, 0.15) is 5.01 Å². The molecule has 0 spiro atoms. The zero-order valence-electron chi connectivity index (χ0n) is 14.2. The van der Waals surface area contributed by atoms with Gasteiger partial charge in [0.15, 0.2) is 11.5 Å². The number of hydrogen-bond acceptors (Lipinski definition) is 5. The summed E-state index contributed by atoms with van der Waals surface area (Å²) in [5.74, 6) is -0.0154. The van der Waals surface area contributed by atoms with Crippen molar-refractivity contribution in [1.82, 2.24) is 4.98 Å². The molecule has 0 saturated carbocycles. The van der Waals surface area contributed by atoms with E-state index >= 15 is 0 Å². The summed E-state index contributed by atoms with van der Waals surface area (Å²) in [7, 11) is 3.03. The molecule has 0 aliphatic heterocycles. The molecule has 134 valence electrons. The number of nitrogens with zero attached hydrogens (tertiary/aromatic N) is 1. The second-order valence-electron chi connectivity index (χ2n) is 5.47. The van der Waals surface area contributed by atoms with Crippen molar-refractivity contribution in [2.75, 3.05) is 14.2 Å². The molecular formula is C19H16ClNO4S. The zero-order valence-corrected chi connectivity index (χ0v) is 15.7. The minimum absolute atomic E-state index is 0.147. The van der Waals surface area contributed by atoms with Gasteiger partial charge in [0.05, 0.1) is 35.9 Å². The highest BCUT2D eigenvalue weighted by Gasteiger charge is 2.15. The number of carbonyl (C=O) groups is 1. The number of ether oxygens (including phenoxy) is 2. The first-order valence-electron chi connectivity index (χ1n) is 7.71. The molecule has 0 amide bonds. The standard InChI is InChI=1S/C19H16ClNO4S/c1-24-15-9-11(8-13(20)18(15)25-2)7-12(10-17(22)23)19-21-14-5-3-4-6-16(14)26-19/h3-9H,10H2,1-2H3,(H,22,23)/b12-7+. The number of carboxylic acid groups (broad SMARTS) is 1. The molecule has 0 bridgehead atoms. The molecule has 0 aliphatic carbocycles. The second-order valence-corrected chi connectivity index (χ2v) is 6.90. The van der Waals surface area contributed by atoms with E-state index in [4.69, 9.17) is 21.1 Å². The van der Waals surface area contributed by atoms with Crippen LogP contribution in [0.25, 0.3) is 21.9 Å². The first-order valence-corrected chi connectivity index (χ1v) is 8.91. The molecule has 0 radical (unpaired) electrons. The molecule has 26 heavy (non-hydrogen) atoms. The van der Waals surface area contributed by atoms with Gasteiger partial charge in [-0.25, -0.2) is 4.98 Å². The van der Waals surface area contributed by atoms with Gasteiger partial charge in [-0.3, -0.25) is 4.79 Å². The summed E-state index contributed by atoms with van der Waals surface area (Å²) in [6.45, 7) is 0. The number of thiazole rings is 1. The van der Waals surface area contributed by atoms with E-state index in [1.165, 1.54) is 25.6 Å². The summed E-state index contributed by atoms with van der Waals surface area (Å²) < 4.78 is 11.5. The van der Waals surface area contributed by atoms with Crippen LogP contribution in [0.15, 0.2) is 36.4 Å². The average molecular weight is 390 g/mol. The Morgan fingerprint density at radius 1 is 1.27 bits per heavy atom. The summed E-state index contributed by atoms with van der Waals surface area (Å²) in [6, 6.07) is 11.2. The molecule has 0 unspecified atom stereocenters. The highest BCUT2D eigenvalue weighted by atomic mass is 35.5. The van der Waals surface area contributed by atoms with Gasteiger partial charge < -0.3 is 14.6 Å². The van der Waals surface area contributed by atoms with Gasteiger partial charge in [-0.15, -0.1) is 11.3 Å². The third-order valence-corrected chi connectivity index (χ3v) is 5.10. The number of hydrogen-bond donors (Lipinski definition) is 1. The Labute approximate surface area is 159 Å². The van der Waals surface area contributed by atoms with E-state index in [1.54, 1.807) is 18.2 Å². The second kappa shape index (κ2) is 7.76. The Hall–Kier alpha value is -2.57. The number of halogens is 1. The molecule has 7 heteroatoms. The number of benzene rings is 2. The molecule has 0 atom stereocenters. The molecule has 1 aromatic heterocycles. The molecule has 2 aromatic carbocycles. The largest absolute Gasteiger partial charge is 0.493 e. The number of carboxylic acids is 1. The predicted octanol–water partition coefficient (Wildman–Crippen LogP) is 4.98. The molecule has 3 rings (SSSR count). The molecule has 1 N–H and O–H groups in total. The van der Waals surface area contributed by atoms with Crippen molar-refractivity contribution < 1.29 is 19.4 Å². The highest BCUT2D eigenvalue weighted by Crippen LogP contribution is 2.38. The van der Waals surface area contributed by atoms with E-state index in [1.807, 2.05) is 24.3 Å². The Morgan fingerprint density at radius 3 is 2.69 bits per heavy atom. The van der Waals surface area contributed by atoms with Crippen LogP contribution in [-0.4, -0.2) is 30.3 Å². The maximum atomic E-state index is 11.3. The van der Waals surface area contributed by atoms with E-state index in [0.29, 0.717) is 32.7 Å². The van der Waals surface area contributed by atoms with Gasteiger partial charge >= 0.3 is 5.97 Å². The Morgan fingerprint density at radius 2 is 2.04 bits per heavy atom. The van der Waals surface area contributed by atoms with Crippen LogP contribution in [0, 0.1) is 0 Å². The summed E-state index contributed by atoms with van der Waals surface area (Å²) >= 11 is 7.71. The fourth-order valence-corrected chi connectivity index (χ4v) is 3.86. The minimum Gasteiger partial charge on any atom is -0.493 e. The third-order valence-electron chi connectivity index (χ3n) is 3.71. The van der Waals surface area contributed by atoms with E-state index < -0.39 is 5.97 Å². The number of aromatic nitrogens is 1. The minimum atomic E-state index is -0.929. The third kappa shape index (κ3) is 3.81. The molecule has 3 aromatic rings. The fourth-order valence-electron chi connectivity index (χ4n) is 2.58.